The fourth-order valence-corrected chi connectivity index (χ4v) is 3.63. The van der Waals surface area contributed by atoms with Crippen LogP contribution in [-0.4, -0.2) is 31.4 Å². The van der Waals surface area contributed by atoms with Crippen molar-refractivity contribution in [3.63, 3.8) is 0 Å². The number of hydrogen-bond acceptors (Lipinski definition) is 4. The highest BCUT2D eigenvalue weighted by atomic mass is 16.3. The van der Waals surface area contributed by atoms with Crippen molar-refractivity contribution in [3.05, 3.63) is 54.1 Å². The van der Waals surface area contributed by atoms with E-state index in [-0.39, 0.29) is 6.10 Å². The molecule has 1 fully saturated rings. The van der Waals surface area contributed by atoms with Crippen LogP contribution < -0.4 is 0 Å². The van der Waals surface area contributed by atoms with Gasteiger partial charge < -0.3 is 5.11 Å². The molecule has 25 heavy (non-hydrogen) atoms. The highest BCUT2D eigenvalue weighted by Crippen LogP contribution is 2.40. The molecule has 2 heterocycles. The number of nitrogens with zero attached hydrogens (tertiary/aromatic N) is 3. The number of aromatic amines is 1. The normalized spacial score (nSPS) is 20.6. The van der Waals surface area contributed by atoms with E-state index in [1.165, 1.54) is 5.56 Å². The van der Waals surface area contributed by atoms with Crippen molar-refractivity contribution in [2.45, 2.75) is 44.6 Å². The monoisotopic (exact) mass is 334 g/mol. The van der Waals surface area contributed by atoms with E-state index in [9.17, 15) is 5.11 Å². The van der Waals surface area contributed by atoms with Gasteiger partial charge >= 0.3 is 0 Å². The smallest absolute Gasteiger partial charge is 0.116 e. The Bertz CT molecular complexity index is 834. The molecule has 2 aromatic heterocycles. The van der Waals surface area contributed by atoms with E-state index in [1.54, 1.807) is 12.5 Å². The maximum absolute atomic E-state index is 9.82. The lowest BCUT2D eigenvalue weighted by Gasteiger charge is -2.25. The van der Waals surface area contributed by atoms with Gasteiger partial charge in [-0.05, 0) is 38.7 Å². The number of benzene rings is 1. The zero-order valence-corrected chi connectivity index (χ0v) is 14.3. The van der Waals surface area contributed by atoms with Crippen molar-refractivity contribution in [2.75, 3.05) is 0 Å². The third kappa shape index (κ3) is 3.20. The van der Waals surface area contributed by atoms with Crippen molar-refractivity contribution in [1.29, 1.82) is 0 Å². The summed E-state index contributed by atoms with van der Waals surface area (Å²) in [5.41, 5.74) is 6.32. The predicted molar refractivity (Wildman–Crippen MR) is 97.0 cm³/mol. The van der Waals surface area contributed by atoms with Gasteiger partial charge in [0.05, 0.1) is 11.8 Å². The summed E-state index contributed by atoms with van der Waals surface area (Å²) in [7, 11) is 0. The van der Waals surface area contributed by atoms with Gasteiger partial charge in [0.1, 0.15) is 12.0 Å². The van der Waals surface area contributed by atoms with Crippen LogP contribution in [0.4, 0.5) is 0 Å². The first kappa shape index (κ1) is 16.0. The number of aliphatic hydroxyl groups excluding tert-OH is 1. The minimum atomic E-state index is -0.168. The Labute approximate surface area is 147 Å². The molecule has 0 saturated heterocycles. The summed E-state index contributed by atoms with van der Waals surface area (Å²) in [6, 6.07) is 10.3. The summed E-state index contributed by atoms with van der Waals surface area (Å²) in [6.45, 7) is 2.08. The second-order valence-electron chi connectivity index (χ2n) is 6.83. The maximum Gasteiger partial charge on any atom is 0.116 e. The molecular formula is C20H22N4O. The van der Waals surface area contributed by atoms with Crippen LogP contribution in [-0.2, 0) is 0 Å². The minimum absolute atomic E-state index is 0.168. The van der Waals surface area contributed by atoms with E-state index in [4.69, 9.17) is 0 Å². The van der Waals surface area contributed by atoms with Crippen LogP contribution >= 0.6 is 0 Å². The Morgan fingerprint density at radius 2 is 1.80 bits per heavy atom. The lowest BCUT2D eigenvalue weighted by molar-refractivity contribution is 0.122. The van der Waals surface area contributed by atoms with Crippen LogP contribution in [0.1, 0.15) is 42.9 Å². The third-order valence-electron chi connectivity index (χ3n) is 5.06. The molecule has 128 valence electrons. The summed E-state index contributed by atoms with van der Waals surface area (Å²) in [6.07, 6.45) is 6.79. The van der Waals surface area contributed by atoms with Crippen LogP contribution in [0, 0.1) is 6.92 Å². The van der Waals surface area contributed by atoms with Gasteiger partial charge in [-0.25, -0.2) is 9.97 Å². The fraction of sp³-hybridized carbons (Fsp3) is 0.350. The SMILES string of the molecule is Cc1ccc(-c2n[nH]c(C3CCC(O)CC3)c2-c2ccncn2)cc1. The van der Waals surface area contributed by atoms with E-state index in [1.807, 2.05) is 6.07 Å². The molecule has 5 heteroatoms. The molecule has 5 nitrogen and oxygen atoms in total. The molecule has 0 spiro atoms. The molecule has 0 radical (unpaired) electrons. The van der Waals surface area contributed by atoms with Gasteiger partial charge in [0, 0.05) is 28.9 Å². The molecular weight excluding hydrogens is 312 g/mol. The molecule has 0 atom stereocenters. The molecule has 1 aliphatic carbocycles. The molecule has 1 saturated carbocycles. The molecule has 4 rings (SSSR count). The number of hydrogen-bond donors (Lipinski definition) is 2. The van der Waals surface area contributed by atoms with E-state index in [0.29, 0.717) is 5.92 Å². The molecule has 0 amide bonds. The second-order valence-corrected chi connectivity index (χ2v) is 6.83. The summed E-state index contributed by atoms with van der Waals surface area (Å²) >= 11 is 0. The zero-order valence-electron chi connectivity index (χ0n) is 14.3. The lowest BCUT2D eigenvalue weighted by atomic mass is 9.83. The number of aryl methyl sites for hydroxylation is 1. The third-order valence-corrected chi connectivity index (χ3v) is 5.06. The average Bonchev–Trinajstić information content (AvgIpc) is 3.09. The van der Waals surface area contributed by atoms with Crippen LogP contribution in [0.2, 0.25) is 0 Å². The van der Waals surface area contributed by atoms with E-state index in [2.05, 4.69) is 51.4 Å². The highest BCUT2D eigenvalue weighted by Gasteiger charge is 2.27. The van der Waals surface area contributed by atoms with Crippen LogP contribution in [0.25, 0.3) is 22.5 Å². The summed E-state index contributed by atoms with van der Waals surface area (Å²) < 4.78 is 0. The van der Waals surface area contributed by atoms with Crippen molar-refractivity contribution < 1.29 is 5.11 Å². The summed E-state index contributed by atoms with van der Waals surface area (Å²) in [5, 5.41) is 17.7. The van der Waals surface area contributed by atoms with Crippen molar-refractivity contribution in [2.24, 2.45) is 0 Å². The fourth-order valence-electron chi connectivity index (χ4n) is 3.63. The van der Waals surface area contributed by atoms with Gasteiger partial charge in [0.2, 0.25) is 0 Å². The Kier molecular flexibility index (Phi) is 4.32. The van der Waals surface area contributed by atoms with Gasteiger partial charge in [-0.15, -0.1) is 0 Å². The van der Waals surface area contributed by atoms with E-state index >= 15 is 0 Å². The Morgan fingerprint density at radius 1 is 1.04 bits per heavy atom. The number of aliphatic hydroxyl groups is 1. The van der Waals surface area contributed by atoms with Crippen LogP contribution in [0.5, 0.6) is 0 Å². The number of H-pyrrole nitrogens is 1. The molecule has 2 N–H and O–H groups in total. The molecule has 0 unspecified atom stereocenters. The summed E-state index contributed by atoms with van der Waals surface area (Å²) in [5.74, 6) is 0.375. The van der Waals surface area contributed by atoms with Gasteiger partial charge in [0.15, 0.2) is 0 Å². The largest absolute Gasteiger partial charge is 0.393 e. The average molecular weight is 334 g/mol. The number of nitrogens with one attached hydrogen (secondary N) is 1. The lowest BCUT2D eigenvalue weighted by Crippen LogP contribution is -2.17. The van der Waals surface area contributed by atoms with Gasteiger partial charge in [-0.1, -0.05) is 29.8 Å². The topological polar surface area (TPSA) is 74.7 Å². The summed E-state index contributed by atoms with van der Waals surface area (Å²) in [4.78, 5) is 8.52. The van der Waals surface area contributed by atoms with Crippen molar-refractivity contribution >= 4 is 0 Å². The van der Waals surface area contributed by atoms with Crippen molar-refractivity contribution in [1.82, 2.24) is 20.2 Å². The standard InChI is InChI=1S/C20H22N4O/c1-13-2-4-14(5-3-13)19-18(17-10-11-21-12-22-17)20(24-23-19)15-6-8-16(25)9-7-15/h2-5,10-12,15-16,25H,6-9H2,1H3,(H,23,24). The van der Waals surface area contributed by atoms with E-state index < -0.39 is 0 Å². The van der Waals surface area contributed by atoms with E-state index in [0.717, 1.165) is 53.9 Å². The first-order valence-corrected chi connectivity index (χ1v) is 8.82. The predicted octanol–water partition coefficient (Wildman–Crippen LogP) is 3.86. The minimum Gasteiger partial charge on any atom is -0.393 e. The number of aromatic nitrogens is 4. The van der Waals surface area contributed by atoms with Crippen LogP contribution in [0.15, 0.2) is 42.9 Å². The van der Waals surface area contributed by atoms with Gasteiger partial charge in [-0.2, -0.15) is 5.10 Å². The Morgan fingerprint density at radius 3 is 2.48 bits per heavy atom. The number of rotatable bonds is 3. The quantitative estimate of drug-likeness (QED) is 0.762. The second kappa shape index (κ2) is 6.76. The molecule has 1 aliphatic rings. The first-order chi connectivity index (χ1) is 12.2. The molecule has 0 aliphatic heterocycles. The zero-order chi connectivity index (χ0) is 17.2. The van der Waals surface area contributed by atoms with Crippen LogP contribution in [0.3, 0.4) is 0 Å². The maximum atomic E-state index is 9.82. The van der Waals surface area contributed by atoms with Crippen molar-refractivity contribution in [3.8, 4) is 22.5 Å². The first-order valence-electron chi connectivity index (χ1n) is 8.82. The molecule has 1 aromatic carbocycles. The van der Waals surface area contributed by atoms with Gasteiger partial charge in [0.25, 0.3) is 0 Å². The molecule has 3 aromatic rings. The Balaban J connectivity index is 1.81. The van der Waals surface area contributed by atoms with Gasteiger partial charge in [-0.3, -0.25) is 5.10 Å². The highest BCUT2D eigenvalue weighted by molar-refractivity contribution is 5.81. The molecule has 0 bridgehead atoms. The Hall–Kier alpha value is -2.53.